The maximum atomic E-state index is 13.0. The average Bonchev–Trinajstić information content (AvgIpc) is 2.60. The van der Waals surface area contributed by atoms with E-state index < -0.39 is 5.97 Å². The Bertz CT molecular complexity index is 556. The van der Waals surface area contributed by atoms with Crippen molar-refractivity contribution < 1.29 is 14.3 Å². The number of aromatic nitrogens is 1. The highest BCUT2D eigenvalue weighted by atomic mass is 79.9. The van der Waals surface area contributed by atoms with E-state index in [1.807, 2.05) is 0 Å². The number of halogens is 2. The monoisotopic (exact) mass is 301 g/mol. The van der Waals surface area contributed by atoms with Gasteiger partial charge >= 0.3 is 5.97 Å². The molecule has 2 rings (SSSR count). The number of hydrogen-bond donors (Lipinski definition) is 1. The summed E-state index contributed by atoms with van der Waals surface area (Å²) < 4.78 is 13.4. The second-order valence-electron chi connectivity index (χ2n) is 2.96. The highest BCUT2D eigenvalue weighted by molar-refractivity contribution is 9.11. The largest absolute Gasteiger partial charge is 0.476 e. The van der Waals surface area contributed by atoms with Gasteiger partial charge in [0.1, 0.15) is 14.6 Å². The van der Waals surface area contributed by atoms with Crippen molar-refractivity contribution in [3.63, 3.8) is 0 Å². The van der Waals surface area contributed by atoms with Crippen molar-refractivity contribution in [2.24, 2.45) is 0 Å². The average molecular weight is 302 g/mol. The fourth-order valence-corrected chi connectivity index (χ4v) is 2.68. The van der Waals surface area contributed by atoms with Gasteiger partial charge in [-0.3, -0.25) is 0 Å². The van der Waals surface area contributed by atoms with Gasteiger partial charge in [0.15, 0.2) is 5.69 Å². The lowest BCUT2D eigenvalue weighted by atomic mass is 10.2. The molecule has 0 saturated carbocycles. The Morgan fingerprint density at radius 2 is 2.25 bits per heavy atom. The molecule has 0 aliphatic carbocycles. The van der Waals surface area contributed by atoms with Crippen LogP contribution in [0.5, 0.6) is 0 Å². The molecule has 1 aromatic carbocycles. The Labute approximate surface area is 103 Å². The van der Waals surface area contributed by atoms with E-state index in [1.54, 1.807) is 12.1 Å². The highest BCUT2D eigenvalue weighted by Crippen LogP contribution is 2.32. The van der Waals surface area contributed by atoms with E-state index in [1.165, 1.54) is 12.1 Å². The SMILES string of the molecule is O=C(O)c1nc(-c2cccc(F)c2)sc1Br. The van der Waals surface area contributed by atoms with Gasteiger partial charge in [0.25, 0.3) is 0 Å². The second-order valence-corrected chi connectivity index (χ2v) is 5.27. The van der Waals surface area contributed by atoms with E-state index in [-0.39, 0.29) is 11.5 Å². The topological polar surface area (TPSA) is 50.2 Å². The third kappa shape index (κ3) is 2.12. The first-order valence-corrected chi connectivity index (χ1v) is 5.84. The number of rotatable bonds is 2. The summed E-state index contributed by atoms with van der Waals surface area (Å²) in [5.74, 6) is -1.48. The van der Waals surface area contributed by atoms with Crippen LogP contribution in [0.25, 0.3) is 10.6 Å². The molecular weight excluding hydrogens is 297 g/mol. The molecule has 0 amide bonds. The Balaban J connectivity index is 2.49. The van der Waals surface area contributed by atoms with Gasteiger partial charge in [-0.15, -0.1) is 11.3 Å². The van der Waals surface area contributed by atoms with Crippen molar-refractivity contribution in [3.05, 3.63) is 39.6 Å². The lowest BCUT2D eigenvalue weighted by Crippen LogP contribution is -1.96. The molecule has 0 fully saturated rings. The second kappa shape index (κ2) is 4.31. The van der Waals surface area contributed by atoms with Crippen LogP contribution in [0.15, 0.2) is 28.1 Å². The Morgan fingerprint density at radius 3 is 2.81 bits per heavy atom. The first-order chi connectivity index (χ1) is 7.58. The molecule has 1 aromatic heterocycles. The number of hydrogen-bond acceptors (Lipinski definition) is 3. The third-order valence-electron chi connectivity index (χ3n) is 1.86. The van der Waals surface area contributed by atoms with Gasteiger partial charge in [0.05, 0.1) is 0 Å². The molecule has 0 aliphatic rings. The zero-order chi connectivity index (χ0) is 11.7. The van der Waals surface area contributed by atoms with Gasteiger partial charge in [0, 0.05) is 5.56 Å². The zero-order valence-corrected chi connectivity index (χ0v) is 10.2. The molecule has 82 valence electrons. The van der Waals surface area contributed by atoms with Crippen molar-refractivity contribution in [2.75, 3.05) is 0 Å². The first kappa shape index (κ1) is 11.2. The molecule has 0 saturated heterocycles. The number of nitrogens with zero attached hydrogens (tertiary/aromatic N) is 1. The van der Waals surface area contributed by atoms with Crippen LogP contribution in [0.3, 0.4) is 0 Å². The van der Waals surface area contributed by atoms with E-state index in [4.69, 9.17) is 5.11 Å². The van der Waals surface area contributed by atoms with Gasteiger partial charge in [-0.1, -0.05) is 12.1 Å². The molecule has 6 heteroatoms. The van der Waals surface area contributed by atoms with Gasteiger partial charge in [0.2, 0.25) is 0 Å². The van der Waals surface area contributed by atoms with Crippen molar-refractivity contribution in [1.82, 2.24) is 4.98 Å². The van der Waals surface area contributed by atoms with Crippen LogP contribution in [0.1, 0.15) is 10.5 Å². The number of carboxylic acids is 1. The summed E-state index contributed by atoms with van der Waals surface area (Å²) in [5.41, 5.74) is 0.516. The summed E-state index contributed by atoms with van der Waals surface area (Å²) in [7, 11) is 0. The maximum Gasteiger partial charge on any atom is 0.356 e. The summed E-state index contributed by atoms with van der Waals surface area (Å²) in [6.07, 6.45) is 0. The lowest BCUT2D eigenvalue weighted by molar-refractivity contribution is 0.0690. The number of carbonyl (C=O) groups is 1. The summed E-state index contributed by atoms with van der Waals surface area (Å²) >= 11 is 4.28. The van der Waals surface area contributed by atoms with Crippen LogP contribution in [-0.2, 0) is 0 Å². The minimum absolute atomic E-state index is 0.0516. The number of aromatic carboxylic acids is 1. The molecule has 3 nitrogen and oxygen atoms in total. The van der Waals surface area contributed by atoms with E-state index in [2.05, 4.69) is 20.9 Å². The van der Waals surface area contributed by atoms with E-state index in [0.717, 1.165) is 11.3 Å². The minimum atomic E-state index is -1.11. The van der Waals surface area contributed by atoms with E-state index >= 15 is 0 Å². The quantitative estimate of drug-likeness (QED) is 0.925. The van der Waals surface area contributed by atoms with Crippen LogP contribution in [0, 0.1) is 5.82 Å². The third-order valence-corrected chi connectivity index (χ3v) is 3.61. The zero-order valence-electron chi connectivity index (χ0n) is 7.78. The molecule has 2 aromatic rings. The predicted octanol–water partition coefficient (Wildman–Crippen LogP) is 3.41. The lowest BCUT2D eigenvalue weighted by Gasteiger charge is -1.94. The maximum absolute atomic E-state index is 13.0. The van der Waals surface area contributed by atoms with Crippen molar-refractivity contribution in [2.45, 2.75) is 0 Å². The van der Waals surface area contributed by atoms with Gasteiger partial charge in [-0.25, -0.2) is 14.2 Å². The van der Waals surface area contributed by atoms with Crippen LogP contribution in [0.4, 0.5) is 4.39 Å². The summed E-state index contributed by atoms with van der Waals surface area (Å²) in [6.45, 7) is 0. The van der Waals surface area contributed by atoms with Gasteiger partial charge < -0.3 is 5.11 Å². The molecule has 0 spiro atoms. The van der Waals surface area contributed by atoms with E-state index in [0.29, 0.717) is 14.4 Å². The molecule has 16 heavy (non-hydrogen) atoms. The number of carboxylic acid groups (broad SMARTS) is 1. The van der Waals surface area contributed by atoms with Crippen LogP contribution >= 0.6 is 27.3 Å². The van der Waals surface area contributed by atoms with Crippen molar-refractivity contribution >= 4 is 33.2 Å². The molecule has 0 aliphatic heterocycles. The first-order valence-electron chi connectivity index (χ1n) is 4.23. The Hall–Kier alpha value is -1.27. The van der Waals surface area contributed by atoms with Gasteiger partial charge in [-0.2, -0.15) is 0 Å². The molecule has 0 radical (unpaired) electrons. The summed E-state index contributed by atoms with van der Waals surface area (Å²) in [5, 5.41) is 9.30. The van der Waals surface area contributed by atoms with Crippen molar-refractivity contribution in [1.29, 1.82) is 0 Å². The molecule has 1 N–H and O–H groups in total. The summed E-state index contributed by atoms with van der Waals surface area (Å²) in [6, 6.07) is 5.88. The minimum Gasteiger partial charge on any atom is -0.476 e. The number of benzene rings is 1. The Morgan fingerprint density at radius 1 is 1.50 bits per heavy atom. The molecule has 0 unspecified atom stereocenters. The Kier molecular flexibility index (Phi) is 3.02. The van der Waals surface area contributed by atoms with Crippen LogP contribution in [-0.4, -0.2) is 16.1 Å². The smallest absolute Gasteiger partial charge is 0.356 e. The molecule has 0 atom stereocenters. The van der Waals surface area contributed by atoms with Crippen molar-refractivity contribution in [3.8, 4) is 10.6 Å². The predicted molar refractivity (Wildman–Crippen MR) is 62.2 cm³/mol. The number of thiazole rings is 1. The standard InChI is InChI=1S/C10H5BrFNO2S/c11-8-7(10(14)15)13-9(16-8)5-2-1-3-6(12)4-5/h1-4H,(H,14,15). The van der Waals surface area contributed by atoms with Crippen LogP contribution in [0.2, 0.25) is 0 Å². The molecular formula is C10H5BrFNO2S. The highest BCUT2D eigenvalue weighted by Gasteiger charge is 2.16. The summed E-state index contributed by atoms with van der Waals surface area (Å²) in [4.78, 5) is 14.7. The van der Waals surface area contributed by atoms with Gasteiger partial charge in [-0.05, 0) is 28.1 Å². The molecule has 1 heterocycles. The molecule has 0 bridgehead atoms. The van der Waals surface area contributed by atoms with Crippen LogP contribution < -0.4 is 0 Å². The fraction of sp³-hybridized carbons (Fsp3) is 0. The fourth-order valence-electron chi connectivity index (χ4n) is 1.18. The van der Waals surface area contributed by atoms with E-state index in [9.17, 15) is 9.18 Å². The normalized spacial score (nSPS) is 10.4.